The number of rotatable bonds is 8. The van der Waals surface area contributed by atoms with E-state index in [1.165, 1.54) is 0 Å². The number of benzene rings is 1. The van der Waals surface area contributed by atoms with Crippen LogP contribution in [0.3, 0.4) is 0 Å². The summed E-state index contributed by atoms with van der Waals surface area (Å²) in [4.78, 5) is 22.0. The normalized spacial score (nSPS) is 10.7. The van der Waals surface area contributed by atoms with E-state index in [1.807, 2.05) is 44.7 Å². The van der Waals surface area contributed by atoms with Crippen LogP contribution in [0.5, 0.6) is 0 Å². The monoisotopic (exact) mass is 373 g/mol. The molecule has 1 heterocycles. The second-order valence-electron chi connectivity index (χ2n) is 6.52. The highest BCUT2D eigenvalue weighted by atomic mass is 16.6. The first-order valence-electron chi connectivity index (χ1n) is 8.90. The average molecular weight is 373 g/mol. The molecule has 0 aliphatic carbocycles. The van der Waals surface area contributed by atoms with Crippen molar-refractivity contribution >= 4 is 23.0 Å². The second-order valence-corrected chi connectivity index (χ2v) is 6.52. The smallest absolute Gasteiger partial charge is 0.353 e. The van der Waals surface area contributed by atoms with Crippen molar-refractivity contribution in [2.45, 2.75) is 34.6 Å². The number of anilines is 3. The lowest BCUT2D eigenvalue weighted by atomic mass is 10.1. The predicted molar refractivity (Wildman–Crippen MR) is 107 cm³/mol. The fourth-order valence-corrected chi connectivity index (χ4v) is 3.14. The maximum Gasteiger partial charge on any atom is 0.353 e. The van der Waals surface area contributed by atoms with E-state index in [9.17, 15) is 10.1 Å². The number of nitro groups is 1. The molecule has 8 heteroatoms. The summed E-state index contributed by atoms with van der Waals surface area (Å²) in [5, 5.41) is 15.1. The number of ether oxygens (including phenoxy) is 1. The molecule has 8 nitrogen and oxygen atoms in total. The van der Waals surface area contributed by atoms with E-state index in [0.29, 0.717) is 31.3 Å². The van der Waals surface area contributed by atoms with Crippen LogP contribution >= 0.6 is 0 Å². The highest BCUT2D eigenvalue weighted by Gasteiger charge is 2.28. The molecule has 0 aliphatic heterocycles. The van der Waals surface area contributed by atoms with Gasteiger partial charge in [0.05, 0.1) is 11.5 Å². The molecule has 0 aliphatic rings. The van der Waals surface area contributed by atoms with Gasteiger partial charge in [0.25, 0.3) is 0 Å². The Hall–Kier alpha value is -2.74. The minimum Gasteiger partial charge on any atom is -0.383 e. The van der Waals surface area contributed by atoms with Crippen LogP contribution in [0.4, 0.5) is 23.0 Å². The molecule has 0 fully saturated rings. The first-order chi connectivity index (χ1) is 12.8. The van der Waals surface area contributed by atoms with E-state index in [2.05, 4.69) is 15.3 Å². The fourth-order valence-electron chi connectivity index (χ4n) is 3.14. The molecule has 1 aromatic heterocycles. The predicted octanol–water partition coefficient (Wildman–Crippen LogP) is 3.83. The highest BCUT2D eigenvalue weighted by Crippen LogP contribution is 2.36. The van der Waals surface area contributed by atoms with Crippen molar-refractivity contribution in [3.8, 4) is 0 Å². The molecule has 0 saturated heterocycles. The molecule has 2 rings (SSSR count). The molecular weight excluding hydrogens is 346 g/mol. The van der Waals surface area contributed by atoms with Crippen molar-refractivity contribution in [3.63, 3.8) is 0 Å². The molecule has 0 saturated carbocycles. The van der Waals surface area contributed by atoms with Crippen LogP contribution in [0.25, 0.3) is 0 Å². The minimum atomic E-state index is -0.425. The number of likely N-dealkylation sites (N-methyl/N-ethyl adjacent to an activating group) is 1. The van der Waals surface area contributed by atoms with Crippen molar-refractivity contribution in [1.29, 1.82) is 0 Å². The number of aryl methyl sites for hydroxylation is 4. The van der Waals surface area contributed by atoms with E-state index >= 15 is 0 Å². The number of aromatic nitrogens is 2. The largest absolute Gasteiger partial charge is 0.383 e. The Labute approximate surface area is 159 Å². The molecule has 1 N–H and O–H groups in total. The lowest BCUT2D eigenvalue weighted by molar-refractivity contribution is -0.383. The maximum atomic E-state index is 11.9. The molecule has 0 radical (unpaired) electrons. The Morgan fingerprint density at radius 1 is 1.19 bits per heavy atom. The van der Waals surface area contributed by atoms with Crippen molar-refractivity contribution in [1.82, 2.24) is 9.97 Å². The van der Waals surface area contributed by atoms with Crippen LogP contribution in [0, 0.1) is 37.8 Å². The highest BCUT2D eigenvalue weighted by molar-refractivity contribution is 5.77. The van der Waals surface area contributed by atoms with Crippen LogP contribution in [0.15, 0.2) is 12.1 Å². The van der Waals surface area contributed by atoms with Crippen LogP contribution in [-0.4, -0.2) is 41.7 Å². The summed E-state index contributed by atoms with van der Waals surface area (Å²) in [6.07, 6.45) is 0. The van der Waals surface area contributed by atoms with Gasteiger partial charge in [-0.05, 0) is 45.7 Å². The molecule has 146 valence electrons. The molecule has 2 aromatic rings. The van der Waals surface area contributed by atoms with Gasteiger partial charge < -0.3 is 15.0 Å². The van der Waals surface area contributed by atoms with E-state index in [0.717, 1.165) is 22.4 Å². The summed E-state index contributed by atoms with van der Waals surface area (Å²) in [5.41, 5.74) is 3.85. The van der Waals surface area contributed by atoms with E-state index in [1.54, 1.807) is 14.0 Å². The Kier molecular flexibility index (Phi) is 6.68. The maximum absolute atomic E-state index is 11.9. The number of nitrogens with one attached hydrogen (secondary N) is 1. The van der Waals surface area contributed by atoms with Gasteiger partial charge in [0, 0.05) is 25.9 Å². The fraction of sp³-hybridized carbons (Fsp3) is 0.474. The topological polar surface area (TPSA) is 93.4 Å². The van der Waals surface area contributed by atoms with Gasteiger partial charge in [-0.3, -0.25) is 10.1 Å². The van der Waals surface area contributed by atoms with Gasteiger partial charge in [0.15, 0.2) is 0 Å². The number of hydrogen-bond acceptors (Lipinski definition) is 7. The zero-order chi connectivity index (χ0) is 20.1. The van der Waals surface area contributed by atoms with Gasteiger partial charge >= 0.3 is 5.69 Å². The quantitative estimate of drug-likeness (QED) is 0.555. The summed E-state index contributed by atoms with van der Waals surface area (Å²) in [6, 6.07) is 4.07. The molecule has 0 unspecified atom stereocenters. The van der Waals surface area contributed by atoms with E-state index in [4.69, 9.17) is 4.74 Å². The summed E-state index contributed by atoms with van der Waals surface area (Å²) < 4.78 is 5.12. The standard InChI is InChI=1S/C19H27N5O3/c1-7-23(8-9-27-6)19-17(24(25)26)18(20-15(5)21-19)22-16-13(3)10-12(2)11-14(16)4/h10-11H,7-9H2,1-6H3,(H,20,21,22). The van der Waals surface area contributed by atoms with Crippen molar-refractivity contribution < 1.29 is 9.66 Å². The van der Waals surface area contributed by atoms with Gasteiger partial charge in [-0.2, -0.15) is 0 Å². The molecular formula is C19H27N5O3. The van der Waals surface area contributed by atoms with Crippen LogP contribution in [0.1, 0.15) is 29.4 Å². The van der Waals surface area contributed by atoms with Crippen molar-refractivity contribution in [2.24, 2.45) is 0 Å². The lowest BCUT2D eigenvalue weighted by Gasteiger charge is -2.22. The van der Waals surface area contributed by atoms with Gasteiger partial charge in [0.2, 0.25) is 11.6 Å². The number of hydrogen-bond donors (Lipinski definition) is 1. The second kappa shape index (κ2) is 8.77. The Morgan fingerprint density at radius 2 is 1.81 bits per heavy atom. The van der Waals surface area contributed by atoms with Crippen LogP contribution in [0.2, 0.25) is 0 Å². The van der Waals surface area contributed by atoms with Gasteiger partial charge in [-0.1, -0.05) is 17.7 Å². The van der Waals surface area contributed by atoms with Crippen molar-refractivity contribution in [2.75, 3.05) is 37.0 Å². The third-order valence-corrected chi connectivity index (χ3v) is 4.33. The number of methoxy groups -OCH3 is 1. The third-order valence-electron chi connectivity index (χ3n) is 4.33. The molecule has 1 aromatic carbocycles. The van der Waals surface area contributed by atoms with E-state index < -0.39 is 4.92 Å². The third kappa shape index (κ3) is 4.71. The Morgan fingerprint density at radius 3 is 2.33 bits per heavy atom. The number of nitrogens with zero attached hydrogens (tertiary/aromatic N) is 4. The van der Waals surface area contributed by atoms with Crippen LogP contribution < -0.4 is 10.2 Å². The SMILES string of the molecule is CCN(CCOC)c1nc(C)nc(Nc2c(C)cc(C)cc2C)c1[N+](=O)[O-]. The summed E-state index contributed by atoms with van der Waals surface area (Å²) in [6.45, 7) is 11.2. The van der Waals surface area contributed by atoms with Gasteiger partial charge in [-0.15, -0.1) is 0 Å². The van der Waals surface area contributed by atoms with E-state index in [-0.39, 0.29) is 11.5 Å². The molecule has 0 bridgehead atoms. The average Bonchev–Trinajstić information content (AvgIpc) is 2.58. The molecule has 0 atom stereocenters. The molecule has 0 amide bonds. The van der Waals surface area contributed by atoms with Crippen molar-refractivity contribution in [3.05, 3.63) is 44.8 Å². The summed E-state index contributed by atoms with van der Waals surface area (Å²) >= 11 is 0. The zero-order valence-electron chi connectivity index (χ0n) is 16.8. The Bertz CT molecular complexity index is 815. The summed E-state index contributed by atoms with van der Waals surface area (Å²) in [5.74, 6) is 0.974. The first kappa shape index (κ1) is 20.6. The van der Waals surface area contributed by atoms with Gasteiger partial charge in [0.1, 0.15) is 5.82 Å². The zero-order valence-corrected chi connectivity index (χ0v) is 16.8. The summed E-state index contributed by atoms with van der Waals surface area (Å²) in [7, 11) is 1.60. The van der Waals surface area contributed by atoms with Crippen LogP contribution in [-0.2, 0) is 4.74 Å². The lowest BCUT2D eigenvalue weighted by Crippen LogP contribution is -2.29. The first-order valence-corrected chi connectivity index (χ1v) is 8.90. The Balaban J connectivity index is 2.58. The molecule has 27 heavy (non-hydrogen) atoms. The minimum absolute atomic E-state index is 0.127. The molecule has 0 spiro atoms. The van der Waals surface area contributed by atoms with Gasteiger partial charge in [-0.25, -0.2) is 9.97 Å².